The van der Waals surface area contributed by atoms with Crippen molar-refractivity contribution >= 4 is 11.6 Å². The number of halogens is 1. The SMILES string of the molecule is CCN(C(=O)c1cc(C)n(-c2cc(C)on2)c1C)c1ccc(F)cc1. The zero-order valence-electron chi connectivity index (χ0n) is 14.7. The van der Waals surface area contributed by atoms with Gasteiger partial charge in [0.15, 0.2) is 5.82 Å². The summed E-state index contributed by atoms with van der Waals surface area (Å²) in [7, 11) is 0. The van der Waals surface area contributed by atoms with E-state index in [0.717, 1.165) is 11.4 Å². The van der Waals surface area contributed by atoms with Crippen molar-refractivity contribution in [1.82, 2.24) is 9.72 Å². The molecule has 6 heteroatoms. The summed E-state index contributed by atoms with van der Waals surface area (Å²) in [4.78, 5) is 14.7. The van der Waals surface area contributed by atoms with Crippen LogP contribution in [0.15, 0.2) is 40.9 Å². The summed E-state index contributed by atoms with van der Waals surface area (Å²) in [5.74, 6) is 0.897. The minimum atomic E-state index is -0.327. The smallest absolute Gasteiger partial charge is 0.260 e. The minimum Gasteiger partial charge on any atom is -0.360 e. The van der Waals surface area contributed by atoms with Gasteiger partial charge in [-0.15, -0.1) is 0 Å². The normalized spacial score (nSPS) is 10.9. The maximum Gasteiger partial charge on any atom is 0.260 e. The van der Waals surface area contributed by atoms with Gasteiger partial charge in [0.25, 0.3) is 5.91 Å². The number of aromatic nitrogens is 2. The van der Waals surface area contributed by atoms with Crippen molar-refractivity contribution in [2.75, 3.05) is 11.4 Å². The Hall–Kier alpha value is -2.89. The first kappa shape index (κ1) is 17.0. The molecule has 0 aliphatic rings. The number of rotatable bonds is 4. The summed E-state index contributed by atoms with van der Waals surface area (Å²) in [6, 6.07) is 9.59. The number of amides is 1. The van der Waals surface area contributed by atoms with Crippen LogP contribution in [0, 0.1) is 26.6 Å². The number of carbonyl (C=O) groups excluding carboxylic acids is 1. The third-order valence-electron chi connectivity index (χ3n) is 4.21. The van der Waals surface area contributed by atoms with E-state index in [2.05, 4.69) is 5.16 Å². The van der Waals surface area contributed by atoms with E-state index in [-0.39, 0.29) is 11.7 Å². The molecule has 0 N–H and O–H groups in total. The van der Waals surface area contributed by atoms with E-state index < -0.39 is 0 Å². The lowest BCUT2D eigenvalue weighted by molar-refractivity contribution is 0.0987. The van der Waals surface area contributed by atoms with Crippen LogP contribution in [0.1, 0.15) is 34.4 Å². The Balaban J connectivity index is 2.00. The molecule has 0 saturated heterocycles. The molecule has 0 fully saturated rings. The zero-order chi connectivity index (χ0) is 18.1. The highest BCUT2D eigenvalue weighted by atomic mass is 19.1. The summed E-state index contributed by atoms with van der Waals surface area (Å²) < 4.78 is 20.2. The molecule has 130 valence electrons. The second-order valence-electron chi connectivity index (χ2n) is 5.94. The third kappa shape index (κ3) is 3.07. The predicted molar refractivity (Wildman–Crippen MR) is 93.8 cm³/mol. The molecule has 0 saturated carbocycles. The van der Waals surface area contributed by atoms with Gasteiger partial charge >= 0.3 is 0 Å². The Morgan fingerprint density at radius 1 is 1.20 bits per heavy atom. The Labute approximate surface area is 145 Å². The lowest BCUT2D eigenvalue weighted by Crippen LogP contribution is -2.31. The van der Waals surface area contributed by atoms with Gasteiger partial charge in [-0.05, 0) is 58.0 Å². The van der Waals surface area contributed by atoms with Gasteiger partial charge in [-0.3, -0.25) is 9.36 Å². The largest absolute Gasteiger partial charge is 0.360 e. The fourth-order valence-electron chi connectivity index (χ4n) is 3.00. The number of carbonyl (C=O) groups is 1. The van der Waals surface area contributed by atoms with Gasteiger partial charge in [0.2, 0.25) is 0 Å². The third-order valence-corrected chi connectivity index (χ3v) is 4.21. The van der Waals surface area contributed by atoms with Gasteiger partial charge in [-0.2, -0.15) is 0 Å². The Morgan fingerprint density at radius 3 is 2.44 bits per heavy atom. The van der Waals surface area contributed by atoms with Crippen LogP contribution in [0.4, 0.5) is 10.1 Å². The summed E-state index contributed by atoms with van der Waals surface area (Å²) in [6.07, 6.45) is 0. The molecule has 0 unspecified atom stereocenters. The van der Waals surface area contributed by atoms with Crippen molar-refractivity contribution in [2.45, 2.75) is 27.7 Å². The molecule has 1 aromatic carbocycles. The molecule has 2 heterocycles. The molecule has 3 aromatic rings. The number of hydrogen-bond donors (Lipinski definition) is 0. The van der Waals surface area contributed by atoms with Crippen LogP contribution in [-0.4, -0.2) is 22.2 Å². The highest BCUT2D eigenvalue weighted by molar-refractivity contribution is 6.07. The first-order chi connectivity index (χ1) is 11.9. The number of nitrogens with zero attached hydrogens (tertiary/aromatic N) is 3. The molecule has 1 amide bonds. The molecule has 0 spiro atoms. The van der Waals surface area contributed by atoms with Crippen molar-refractivity contribution in [3.63, 3.8) is 0 Å². The Morgan fingerprint density at radius 2 is 1.88 bits per heavy atom. The van der Waals surface area contributed by atoms with E-state index >= 15 is 0 Å². The van der Waals surface area contributed by atoms with Crippen molar-refractivity contribution in [3.05, 3.63) is 64.9 Å². The molecular formula is C19H20FN3O2. The van der Waals surface area contributed by atoms with E-state index in [4.69, 9.17) is 4.52 Å². The van der Waals surface area contributed by atoms with E-state index in [9.17, 15) is 9.18 Å². The average molecular weight is 341 g/mol. The Kier molecular flexibility index (Phi) is 4.44. The van der Waals surface area contributed by atoms with Crippen molar-refractivity contribution in [2.24, 2.45) is 0 Å². The molecule has 0 radical (unpaired) electrons. The van der Waals surface area contributed by atoms with Crippen LogP contribution in [0.25, 0.3) is 5.82 Å². The number of hydrogen-bond acceptors (Lipinski definition) is 3. The number of anilines is 1. The monoisotopic (exact) mass is 341 g/mol. The van der Waals surface area contributed by atoms with E-state index in [1.807, 2.05) is 44.4 Å². The number of aryl methyl sites for hydroxylation is 2. The van der Waals surface area contributed by atoms with Gasteiger partial charge in [-0.1, -0.05) is 5.16 Å². The second-order valence-corrected chi connectivity index (χ2v) is 5.94. The summed E-state index contributed by atoms with van der Waals surface area (Å²) in [6.45, 7) is 7.99. The highest BCUT2D eigenvalue weighted by Gasteiger charge is 2.23. The van der Waals surface area contributed by atoms with Gasteiger partial charge in [-0.25, -0.2) is 4.39 Å². The van der Waals surface area contributed by atoms with Crippen LogP contribution in [0.2, 0.25) is 0 Å². The molecule has 0 bridgehead atoms. The fourth-order valence-corrected chi connectivity index (χ4v) is 3.00. The quantitative estimate of drug-likeness (QED) is 0.715. The van der Waals surface area contributed by atoms with Crippen LogP contribution in [0.3, 0.4) is 0 Å². The fraction of sp³-hybridized carbons (Fsp3) is 0.263. The Bertz CT molecular complexity index is 909. The van der Waals surface area contributed by atoms with Gasteiger partial charge in [0, 0.05) is 29.7 Å². The maximum absolute atomic E-state index is 13.2. The first-order valence-corrected chi connectivity index (χ1v) is 8.12. The molecule has 0 aliphatic heterocycles. The van der Waals surface area contributed by atoms with Crippen molar-refractivity contribution in [1.29, 1.82) is 0 Å². The minimum absolute atomic E-state index is 0.131. The van der Waals surface area contributed by atoms with Gasteiger partial charge in [0.1, 0.15) is 11.6 Å². The molecule has 3 rings (SSSR count). The lowest BCUT2D eigenvalue weighted by atomic mass is 10.2. The van der Waals surface area contributed by atoms with Crippen molar-refractivity contribution in [3.8, 4) is 5.82 Å². The van der Waals surface area contributed by atoms with Gasteiger partial charge in [0.05, 0.1) is 5.56 Å². The predicted octanol–water partition coefficient (Wildman–Crippen LogP) is 4.20. The highest BCUT2D eigenvalue weighted by Crippen LogP contribution is 2.24. The van der Waals surface area contributed by atoms with Crippen LogP contribution < -0.4 is 4.90 Å². The molecule has 5 nitrogen and oxygen atoms in total. The summed E-state index contributed by atoms with van der Waals surface area (Å²) in [5, 5.41) is 4.03. The first-order valence-electron chi connectivity index (χ1n) is 8.12. The van der Waals surface area contributed by atoms with E-state index in [1.165, 1.54) is 12.1 Å². The molecule has 0 atom stereocenters. The standard InChI is InChI=1S/C19H20FN3O2/c1-5-22(16-8-6-15(20)7-9-16)19(24)17-10-12(2)23(14(17)4)18-11-13(3)25-21-18/h6-11H,5H2,1-4H3. The van der Waals surface area contributed by atoms with Crippen LogP contribution in [0.5, 0.6) is 0 Å². The van der Waals surface area contributed by atoms with E-state index in [1.54, 1.807) is 17.0 Å². The molecule has 2 aromatic heterocycles. The summed E-state index contributed by atoms with van der Waals surface area (Å²) >= 11 is 0. The summed E-state index contributed by atoms with van der Waals surface area (Å²) in [5.41, 5.74) is 2.93. The van der Waals surface area contributed by atoms with Gasteiger partial charge < -0.3 is 9.42 Å². The van der Waals surface area contributed by atoms with Crippen molar-refractivity contribution < 1.29 is 13.7 Å². The lowest BCUT2D eigenvalue weighted by Gasteiger charge is -2.21. The zero-order valence-corrected chi connectivity index (χ0v) is 14.7. The number of benzene rings is 1. The topological polar surface area (TPSA) is 51.3 Å². The van der Waals surface area contributed by atoms with Crippen LogP contribution >= 0.6 is 0 Å². The second kappa shape index (κ2) is 6.55. The van der Waals surface area contributed by atoms with E-state index in [0.29, 0.717) is 29.4 Å². The maximum atomic E-state index is 13.2. The average Bonchev–Trinajstić information content (AvgIpc) is 3.12. The molecule has 0 aliphatic carbocycles. The molecular weight excluding hydrogens is 321 g/mol. The molecule has 25 heavy (non-hydrogen) atoms. The van der Waals surface area contributed by atoms with Crippen LogP contribution in [-0.2, 0) is 0 Å².